The second-order valence-corrected chi connectivity index (χ2v) is 5.23. The molecule has 0 spiro atoms. The van der Waals surface area contributed by atoms with E-state index in [1.165, 1.54) is 18.9 Å². The zero-order valence-corrected chi connectivity index (χ0v) is 10.8. The molecule has 2 rings (SSSR count). The Morgan fingerprint density at radius 2 is 2.17 bits per heavy atom. The number of halogens is 1. The topological polar surface area (TPSA) is 36.4 Å². The van der Waals surface area contributed by atoms with Crippen molar-refractivity contribution < 1.29 is 9.50 Å². The van der Waals surface area contributed by atoms with Gasteiger partial charge in [-0.3, -0.25) is 4.98 Å². The lowest BCUT2D eigenvalue weighted by Gasteiger charge is -2.30. The first kappa shape index (κ1) is 13.4. The molecule has 100 valence electrons. The number of aliphatic hydroxyl groups is 1. The maximum absolute atomic E-state index is 12.7. The number of rotatable bonds is 4. The van der Waals surface area contributed by atoms with Crippen molar-refractivity contribution in [1.29, 1.82) is 0 Å². The van der Waals surface area contributed by atoms with E-state index >= 15 is 0 Å². The Morgan fingerprint density at radius 3 is 2.78 bits per heavy atom. The molecule has 0 saturated carbocycles. The van der Waals surface area contributed by atoms with Gasteiger partial charge in [0.25, 0.3) is 0 Å². The molecule has 0 amide bonds. The second-order valence-electron chi connectivity index (χ2n) is 5.23. The van der Waals surface area contributed by atoms with Crippen LogP contribution in [0.3, 0.4) is 0 Å². The highest BCUT2D eigenvalue weighted by molar-refractivity contribution is 5.07. The molecule has 1 fully saturated rings. The van der Waals surface area contributed by atoms with Gasteiger partial charge < -0.3 is 10.0 Å². The number of nitrogens with zero attached hydrogens (tertiary/aromatic N) is 2. The molecule has 3 nitrogen and oxygen atoms in total. The summed E-state index contributed by atoms with van der Waals surface area (Å²) in [7, 11) is 0. The lowest BCUT2D eigenvalue weighted by Crippen LogP contribution is -2.34. The highest BCUT2D eigenvalue weighted by atomic mass is 19.1. The maximum atomic E-state index is 12.7. The van der Waals surface area contributed by atoms with Crippen LogP contribution < -0.4 is 0 Å². The molecular weight excluding hydrogens is 231 g/mol. The third kappa shape index (κ3) is 3.75. The number of pyridine rings is 1. The van der Waals surface area contributed by atoms with E-state index in [0.717, 1.165) is 31.7 Å². The average molecular weight is 252 g/mol. The van der Waals surface area contributed by atoms with Gasteiger partial charge in [-0.05, 0) is 50.4 Å². The van der Waals surface area contributed by atoms with E-state index in [2.05, 4.69) is 16.8 Å². The molecular formula is C14H21FN2O. The van der Waals surface area contributed by atoms with Gasteiger partial charge >= 0.3 is 0 Å². The van der Waals surface area contributed by atoms with Crippen LogP contribution >= 0.6 is 0 Å². The standard InChI is InChI=1S/C14H21FN2O/c1-11-4-7-17(8-5-11)9-6-14(18)13-3-2-12(15)10-16-13/h2-3,10-11,14,18H,4-9H2,1H3. The number of likely N-dealkylation sites (tertiary alicyclic amines) is 1. The van der Waals surface area contributed by atoms with Gasteiger partial charge in [-0.1, -0.05) is 6.92 Å². The molecule has 18 heavy (non-hydrogen) atoms. The average Bonchev–Trinajstić information content (AvgIpc) is 2.38. The first-order chi connectivity index (χ1) is 8.65. The summed E-state index contributed by atoms with van der Waals surface area (Å²) in [6.45, 7) is 5.40. The predicted molar refractivity (Wildman–Crippen MR) is 68.6 cm³/mol. The lowest BCUT2D eigenvalue weighted by atomic mass is 9.99. The number of hydrogen-bond donors (Lipinski definition) is 1. The van der Waals surface area contributed by atoms with Crippen molar-refractivity contribution in [2.45, 2.75) is 32.3 Å². The van der Waals surface area contributed by atoms with Crippen LogP contribution in [-0.4, -0.2) is 34.6 Å². The van der Waals surface area contributed by atoms with E-state index in [-0.39, 0.29) is 5.82 Å². The molecule has 1 N–H and O–H groups in total. The third-order valence-electron chi connectivity index (χ3n) is 3.69. The largest absolute Gasteiger partial charge is 0.387 e. The Kier molecular flexibility index (Phi) is 4.66. The van der Waals surface area contributed by atoms with Crippen LogP contribution in [0.2, 0.25) is 0 Å². The van der Waals surface area contributed by atoms with Crippen molar-refractivity contribution in [2.75, 3.05) is 19.6 Å². The van der Waals surface area contributed by atoms with Crippen molar-refractivity contribution in [1.82, 2.24) is 9.88 Å². The fourth-order valence-electron chi connectivity index (χ4n) is 2.32. The van der Waals surface area contributed by atoms with Crippen LogP contribution in [0.1, 0.15) is 38.0 Å². The summed E-state index contributed by atoms with van der Waals surface area (Å²) in [4.78, 5) is 6.29. The summed E-state index contributed by atoms with van der Waals surface area (Å²) in [5.41, 5.74) is 0.557. The summed E-state index contributed by atoms with van der Waals surface area (Å²) in [6, 6.07) is 2.90. The molecule has 1 aromatic rings. The van der Waals surface area contributed by atoms with Crippen molar-refractivity contribution in [3.63, 3.8) is 0 Å². The zero-order valence-electron chi connectivity index (χ0n) is 10.8. The van der Waals surface area contributed by atoms with Crippen molar-refractivity contribution >= 4 is 0 Å². The Bertz CT molecular complexity index is 361. The summed E-state index contributed by atoms with van der Waals surface area (Å²) in [5.74, 6) is 0.459. The summed E-state index contributed by atoms with van der Waals surface area (Å²) in [5, 5.41) is 9.98. The molecule has 4 heteroatoms. The lowest BCUT2D eigenvalue weighted by molar-refractivity contribution is 0.122. The quantitative estimate of drug-likeness (QED) is 0.893. The first-order valence-corrected chi connectivity index (χ1v) is 6.67. The molecule has 1 aromatic heterocycles. The molecule has 2 heterocycles. The van der Waals surface area contributed by atoms with E-state index in [0.29, 0.717) is 12.1 Å². The molecule has 1 unspecified atom stereocenters. The molecule has 0 radical (unpaired) electrons. The van der Waals surface area contributed by atoms with Crippen molar-refractivity contribution in [3.05, 3.63) is 29.8 Å². The number of hydrogen-bond acceptors (Lipinski definition) is 3. The minimum absolute atomic E-state index is 0.365. The number of piperidine rings is 1. The number of aromatic nitrogens is 1. The molecule has 1 aliphatic heterocycles. The van der Waals surface area contributed by atoms with E-state index in [1.807, 2.05) is 0 Å². The second kappa shape index (κ2) is 6.25. The molecule has 1 aliphatic rings. The van der Waals surface area contributed by atoms with Crippen LogP contribution in [0.5, 0.6) is 0 Å². The number of aliphatic hydroxyl groups excluding tert-OH is 1. The molecule has 1 atom stereocenters. The van der Waals surface area contributed by atoms with E-state index < -0.39 is 6.10 Å². The van der Waals surface area contributed by atoms with Gasteiger partial charge in [-0.25, -0.2) is 4.39 Å². The van der Waals surface area contributed by atoms with Gasteiger partial charge in [0.05, 0.1) is 18.0 Å². The van der Waals surface area contributed by atoms with Crippen LogP contribution in [0.15, 0.2) is 18.3 Å². The SMILES string of the molecule is CC1CCN(CCC(O)c2ccc(F)cn2)CC1. The van der Waals surface area contributed by atoms with Gasteiger partial charge in [0.1, 0.15) is 5.82 Å². The highest BCUT2D eigenvalue weighted by Crippen LogP contribution is 2.19. The van der Waals surface area contributed by atoms with Gasteiger partial charge in [0.15, 0.2) is 0 Å². The first-order valence-electron chi connectivity index (χ1n) is 6.67. The van der Waals surface area contributed by atoms with Gasteiger partial charge in [0, 0.05) is 6.54 Å². The Labute approximate surface area is 108 Å². The van der Waals surface area contributed by atoms with Crippen molar-refractivity contribution in [2.24, 2.45) is 5.92 Å². The van der Waals surface area contributed by atoms with Crippen LogP contribution in [-0.2, 0) is 0 Å². The van der Waals surface area contributed by atoms with Gasteiger partial charge in [-0.2, -0.15) is 0 Å². The Morgan fingerprint density at radius 1 is 1.44 bits per heavy atom. The minimum Gasteiger partial charge on any atom is -0.387 e. The minimum atomic E-state index is -0.593. The van der Waals surface area contributed by atoms with Crippen LogP contribution in [0.4, 0.5) is 4.39 Å². The van der Waals surface area contributed by atoms with Crippen LogP contribution in [0.25, 0.3) is 0 Å². The zero-order chi connectivity index (χ0) is 13.0. The Hall–Kier alpha value is -1.00. The summed E-state index contributed by atoms with van der Waals surface area (Å²) in [6.07, 6.45) is 3.70. The van der Waals surface area contributed by atoms with E-state index in [9.17, 15) is 9.50 Å². The monoisotopic (exact) mass is 252 g/mol. The normalized spacial score (nSPS) is 19.9. The summed E-state index contributed by atoms with van der Waals surface area (Å²) >= 11 is 0. The third-order valence-corrected chi connectivity index (χ3v) is 3.69. The van der Waals surface area contributed by atoms with Gasteiger partial charge in [0.2, 0.25) is 0 Å². The van der Waals surface area contributed by atoms with E-state index in [1.54, 1.807) is 6.07 Å². The smallest absolute Gasteiger partial charge is 0.141 e. The molecule has 0 aromatic carbocycles. The highest BCUT2D eigenvalue weighted by Gasteiger charge is 2.17. The van der Waals surface area contributed by atoms with Crippen molar-refractivity contribution in [3.8, 4) is 0 Å². The van der Waals surface area contributed by atoms with E-state index in [4.69, 9.17) is 0 Å². The molecule has 1 saturated heterocycles. The van der Waals surface area contributed by atoms with Crippen LogP contribution in [0, 0.1) is 11.7 Å². The molecule has 0 bridgehead atoms. The fourth-order valence-corrected chi connectivity index (χ4v) is 2.32. The maximum Gasteiger partial charge on any atom is 0.141 e. The summed E-state index contributed by atoms with van der Waals surface area (Å²) < 4.78 is 12.7. The predicted octanol–water partition coefficient (Wildman–Crippen LogP) is 2.38. The van der Waals surface area contributed by atoms with Gasteiger partial charge in [-0.15, -0.1) is 0 Å². The fraction of sp³-hybridized carbons (Fsp3) is 0.643. The molecule has 0 aliphatic carbocycles. The Balaban J connectivity index is 1.77.